The lowest BCUT2D eigenvalue weighted by molar-refractivity contribution is -0.121. The summed E-state index contributed by atoms with van der Waals surface area (Å²) in [6.07, 6.45) is 7.11. The second-order valence-corrected chi connectivity index (χ2v) is 9.91. The van der Waals surface area contributed by atoms with E-state index in [1.807, 2.05) is 36.4 Å². The number of benzene rings is 2. The molecule has 176 valence electrons. The van der Waals surface area contributed by atoms with Gasteiger partial charge in [-0.25, -0.2) is 0 Å². The summed E-state index contributed by atoms with van der Waals surface area (Å²) in [5.74, 6) is -0.218. The highest BCUT2D eigenvalue weighted by Crippen LogP contribution is 2.28. The van der Waals surface area contributed by atoms with E-state index in [2.05, 4.69) is 15.5 Å². The van der Waals surface area contributed by atoms with E-state index >= 15 is 0 Å². The van der Waals surface area contributed by atoms with Crippen LogP contribution in [0.5, 0.6) is 0 Å². The number of carbonyl (C=O) groups excluding carboxylic acids is 2. The molecule has 0 atom stereocenters. The number of rotatable bonds is 6. The van der Waals surface area contributed by atoms with Gasteiger partial charge in [-0.05, 0) is 63.0 Å². The summed E-state index contributed by atoms with van der Waals surface area (Å²) in [6.45, 7) is 2.27. The monoisotopic (exact) mass is 487 g/mol. The molecule has 1 aliphatic heterocycles. The zero-order valence-electron chi connectivity index (χ0n) is 18.8. The third kappa shape index (κ3) is 6.28. The molecule has 5 nitrogen and oxygen atoms in total. The number of likely N-dealkylation sites (tertiary alicyclic amines) is 1. The maximum Gasteiger partial charge on any atom is 0.253 e. The van der Waals surface area contributed by atoms with Crippen LogP contribution in [0.15, 0.2) is 42.5 Å². The van der Waals surface area contributed by atoms with Gasteiger partial charge in [-0.1, -0.05) is 60.7 Å². The highest BCUT2D eigenvalue weighted by Gasteiger charge is 2.27. The van der Waals surface area contributed by atoms with Crippen LogP contribution in [-0.2, 0) is 11.3 Å². The molecule has 1 aliphatic carbocycles. The van der Waals surface area contributed by atoms with Crippen LogP contribution in [-0.4, -0.2) is 35.8 Å². The first-order chi connectivity index (χ1) is 16.0. The van der Waals surface area contributed by atoms with E-state index in [9.17, 15) is 9.59 Å². The van der Waals surface area contributed by atoms with Crippen LogP contribution in [0.1, 0.15) is 60.9 Å². The molecular formula is C26H31Cl2N3O2. The highest BCUT2D eigenvalue weighted by atomic mass is 35.5. The Bertz CT molecular complexity index is 963. The van der Waals surface area contributed by atoms with Crippen molar-refractivity contribution >= 4 is 40.7 Å². The largest absolute Gasteiger partial charge is 0.349 e. The molecular weight excluding hydrogens is 457 g/mol. The fraction of sp³-hybridized carbons (Fsp3) is 0.462. The quantitative estimate of drug-likeness (QED) is 0.532. The average molecular weight is 488 g/mol. The number of amides is 2. The van der Waals surface area contributed by atoms with Gasteiger partial charge >= 0.3 is 0 Å². The first-order valence-electron chi connectivity index (χ1n) is 11.9. The number of hydrogen-bond donors (Lipinski definition) is 2. The molecule has 0 unspecified atom stereocenters. The van der Waals surface area contributed by atoms with Crippen molar-refractivity contribution < 1.29 is 9.59 Å². The summed E-state index contributed by atoms with van der Waals surface area (Å²) < 4.78 is 0. The van der Waals surface area contributed by atoms with Crippen molar-refractivity contribution in [2.75, 3.05) is 18.4 Å². The Kier molecular flexibility index (Phi) is 8.29. The zero-order chi connectivity index (χ0) is 23.2. The van der Waals surface area contributed by atoms with E-state index in [1.165, 1.54) is 6.42 Å². The van der Waals surface area contributed by atoms with Crippen molar-refractivity contribution in [3.05, 3.63) is 63.6 Å². The number of nitrogens with one attached hydrogen (secondary N) is 2. The molecule has 4 rings (SSSR count). The molecule has 7 heteroatoms. The van der Waals surface area contributed by atoms with Crippen LogP contribution in [0.3, 0.4) is 0 Å². The fourth-order valence-corrected chi connectivity index (χ4v) is 5.31. The van der Waals surface area contributed by atoms with Gasteiger partial charge in [0, 0.05) is 34.1 Å². The van der Waals surface area contributed by atoms with E-state index in [4.69, 9.17) is 23.2 Å². The van der Waals surface area contributed by atoms with E-state index in [0.717, 1.165) is 57.2 Å². The number of nitrogens with zero attached hydrogens (tertiary/aromatic N) is 1. The maximum absolute atomic E-state index is 13.0. The molecule has 33 heavy (non-hydrogen) atoms. The minimum atomic E-state index is -0.107. The van der Waals surface area contributed by atoms with E-state index in [-0.39, 0.29) is 23.8 Å². The predicted octanol–water partition coefficient (Wildman–Crippen LogP) is 5.91. The van der Waals surface area contributed by atoms with Gasteiger partial charge in [0.1, 0.15) is 0 Å². The van der Waals surface area contributed by atoms with Crippen LogP contribution in [0.2, 0.25) is 10.0 Å². The molecule has 2 aliphatic rings. The van der Waals surface area contributed by atoms with Crippen molar-refractivity contribution in [3.8, 4) is 0 Å². The van der Waals surface area contributed by atoms with Crippen LogP contribution < -0.4 is 10.6 Å². The minimum absolute atomic E-state index is 0.0247. The lowest BCUT2D eigenvalue weighted by atomic mass is 9.94. The van der Waals surface area contributed by atoms with Gasteiger partial charge in [0.05, 0.1) is 11.3 Å². The van der Waals surface area contributed by atoms with Gasteiger partial charge in [-0.2, -0.15) is 0 Å². The molecule has 1 saturated heterocycles. The lowest BCUT2D eigenvalue weighted by Crippen LogP contribution is -2.38. The fourth-order valence-electron chi connectivity index (χ4n) is 4.80. The lowest BCUT2D eigenvalue weighted by Gasteiger charge is -2.31. The summed E-state index contributed by atoms with van der Waals surface area (Å²) in [7, 11) is 0. The SMILES string of the molecule is O=C(NC1CCCCC1)c1ccccc1NC(=O)C1CCN(Cc2c(Cl)cccc2Cl)CC1. The molecule has 2 N–H and O–H groups in total. The van der Waals surface area contributed by atoms with Crippen LogP contribution in [0.4, 0.5) is 5.69 Å². The number of hydrogen-bond acceptors (Lipinski definition) is 3. The van der Waals surface area contributed by atoms with Gasteiger partial charge < -0.3 is 10.6 Å². The van der Waals surface area contributed by atoms with Crippen LogP contribution >= 0.6 is 23.2 Å². The first-order valence-corrected chi connectivity index (χ1v) is 12.6. The number of para-hydroxylation sites is 1. The molecule has 0 bridgehead atoms. The first kappa shape index (κ1) is 24.1. The number of anilines is 1. The van der Waals surface area contributed by atoms with Crippen LogP contribution in [0, 0.1) is 5.92 Å². The Morgan fingerprint density at radius 2 is 1.55 bits per heavy atom. The molecule has 2 aromatic rings. The molecule has 0 radical (unpaired) electrons. The summed E-state index contributed by atoms with van der Waals surface area (Å²) in [5.41, 5.74) is 2.05. The second-order valence-electron chi connectivity index (χ2n) is 9.09. The molecule has 0 aromatic heterocycles. The Morgan fingerprint density at radius 3 is 2.24 bits per heavy atom. The average Bonchev–Trinajstić information content (AvgIpc) is 2.83. The van der Waals surface area contributed by atoms with E-state index in [0.29, 0.717) is 27.8 Å². The topological polar surface area (TPSA) is 61.4 Å². The molecule has 2 fully saturated rings. The Balaban J connectivity index is 1.32. The second kappa shape index (κ2) is 11.4. The number of piperidine rings is 1. The Hall–Kier alpha value is -2.08. The third-order valence-corrected chi connectivity index (χ3v) is 7.48. The molecule has 2 amide bonds. The number of halogens is 2. The van der Waals surface area contributed by atoms with E-state index in [1.54, 1.807) is 6.07 Å². The summed E-state index contributed by atoms with van der Waals surface area (Å²) in [5, 5.41) is 7.51. The molecule has 0 spiro atoms. The normalized spacial score (nSPS) is 18.1. The molecule has 2 aromatic carbocycles. The Morgan fingerprint density at radius 1 is 0.879 bits per heavy atom. The zero-order valence-corrected chi connectivity index (χ0v) is 20.3. The van der Waals surface area contributed by atoms with Crippen molar-refractivity contribution in [3.63, 3.8) is 0 Å². The minimum Gasteiger partial charge on any atom is -0.349 e. The third-order valence-electron chi connectivity index (χ3n) is 6.77. The van der Waals surface area contributed by atoms with Gasteiger partial charge in [-0.15, -0.1) is 0 Å². The molecule has 1 heterocycles. The smallest absolute Gasteiger partial charge is 0.253 e. The van der Waals surface area contributed by atoms with Crippen molar-refractivity contribution in [1.82, 2.24) is 10.2 Å². The number of carbonyl (C=O) groups is 2. The van der Waals surface area contributed by atoms with Crippen LogP contribution in [0.25, 0.3) is 0 Å². The van der Waals surface area contributed by atoms with Crippen molar-refractivity contribution in [2.24, 2.45) is 5.92 Å². The standard InChI is InChI=1S/C26H31Cl2N3O2/c27-22-10-6-11-23(28)21(22)17-31-15-13-18(14-16-31)25(32)30-24-12-5-4-9-20(24)26(33)29-19-7-2-1-3-8-19/h4-6,9-12,18-19H,1-3,7-8,13-17H2,(H,29,33)(H,30,32). The maximum atomic E-state index is 13.0. The van der Waals surface area contributed by atoms with Gasteiger partial charge in [0.2, 0.25) is 5.91 Å². The summed E-state index contributed by atoms with van der Waals surface area (Å²) >= 11 is 12.6. The highest BCUT2D eigenvalue weighted by molar-refractivity contribution is 6.35. The van der Waals surface area contributed by atoms with Crippen molar-refractivity contribution in [2.45, 2.75) is 57.5 Å². The van der Waals surface area contributed by atoms with Crippen molar-refractivity contribution in [1.29, 1.82) is 0 Å². The molecule has 1 saturated carbocycles. The predicted molar refractivity (Wildman–Crippen MR) is 134 cm³/mol. The van der Waals surface area contributed by atoms with Gasteiger partial charge in [0.15, 0.2) is 0 Å². The van der Waals surface area contributed by atoms with E-state index < -0.39 is 0 Å². The summed E-state index contributed by atoms with van der Waals surface area (Å²) in [6, 6.07) is 13.1. The van der Waals surface area contributed by atoms with Gasteiger partial charge in [0.25, 0.3) is 5.91 Å². The van der Waals surface area contributed by atoms with Gasteiger partial charge in [-0.3, -0.25) is 14.5 Å². The summed E-state index contributed by atoms with van der Waals surface area (Å²) in [4.78, 5) is 28.2. The Labute approximate surface area is 205 Å².